The number of carbonyl (C=O) groups is 2. The zero-order valence-electron chi connectivity index (χ0n) is 14.9. The molecule has 0 N–H and O–H groups in total. The summed E-state index contributed by atoms with van der Waals surface area (Å²) in [6.45, 7) is 5.16. The van der Waals surface area contributed by atoms with Crippen molar-refractivity contribution in [3.8, 4) is 0 Å². The Kier molecular flexibility index (Phi) is 4.23. The van der Waals surface area contributed by atoms with Gasteiger partial charge in [-0.25, -0.2) is 4.39 Å². The van der Waals surface area contributed by atoms with Gasteiger partial charge in [0.1, 0.15) is 5.82 Å². The molecule has 1 aromatic carbocycles. The topological polar surface area (TPSA) is 49.9 Å². The molecule has 0 bridgehead atoms. The van der Waals surface area contributed by atoms with Crippen molar-refractivity contribution in [1.82, 2.24) is 9.80 Å². The van der Waals surface area contributed by atoms with Crippen LogP contribution in [0.25, 0.3) is 0 Å². The summed E-state index contributed by atoms with van der Waals surface area (Å²) in [5.74, 6) is -0.377. The molecule has 0 radical (unpaired) electrons. The molecule has 3 atom stereocenters. The predicted octanol–water partition coefficient (Wildman–Crippen LogP) is 2.61. The molecule has 1 spiro atoms. The maximum absolute atomic E-state index is 14.0. The lowest BCUT2D eigenvalue weighted by molar-refractivity contribution is -0.141. The van der Waals surface area contributed by atoms with Crippen LogP contribution in [0.4, 0.5) is 4.39 Å². The molecular formula is C19H22ClFN2O3. The second-order valence-electron chi connectivity index (χ2n) is 7.66. The Hall–Kier alpha value is -1.66. The van der Waals surface area contributed by atoms with Gasteiger partial charge in [0, 0.05) is 23.6 Å². The number of likely N-dealkylation sites (tertiary alicyclic amines) is 1. The molecule has 7 heteroatoms. The summed E-state index contributed by atoms with van der Waals surface area (Å²) in [4.78, 5) is 29.1. The third-order valence-electron chi connectivity index (χ3n) is 5.97. The largest absolute Gasteiger partial charge is 0.351 e. The number of rotatable bonds is 3. The van der Waals surface area contributed by atoms with E-state index in [4.69, 9.17) is 16.3 Å². The highest BCUT2D eigenvalue weighted by atomic mass is 35.5. The molecule has 26 heavy (non-hydrogen) atoms. The van der Waals surface area contributed by atoms with E-state index in [0.717, 1.165) is 0 Å². The van der Waals surface area contributed by atoms with Gasteiger partial charge in [-0.2, -0.15) is 0 Å². The molecule has 4 rings (SSSR count). The first-order valence-corrected chi connectivity index (χ1v) is 9.41. The zero-order valence-corrected chi connectivity index (χ0v) is 15.6. The van der Waals surface area contributed by atoms with Gasteiger partial charge >= 0.3 is 0 Å². The molecule has 0 aliphatic carbocycles. The van der Waals surface area contributed by atoms with Crippen LogP contribution < -0.4 is 0 Å². The average molecular weight is 381 g/mol. The lowest BCUT2D eigenvalue weighted by Crippen LogP contribution is -2.51. The third-order valence-corrected chi connectivity index (χ3v) is 6.32. The minimum atomic E-state index is -0.708. The van der Waals surface area contributed by atoms with Gasteiger partial charge in [0.05, 0.1) is 31.5 Å². The summed E-state index contributed by atoms with van der Waals surface area (Å²) in [5, 5.41) is 0.244. The van der Waals surface area contributed by atoms with E-state index in [2.05, 4.69) is 13.8 Å². The van der Waals surface area contributed by atoms with Crippen LogP contribution >= 0.6 is 11.6 Å². The molecule has 1 aromatic rings. The van der Waals surface area contributed by atoms with Crippen LogP contribution in [0.3, 0.4) is 0 Å². The van der Waals surface area contributed by atoms with Gasteiger partial charge in [-0.05, 0) is 18.1 Å². The third kappa shape index (κ3) is 2.46. The first-order chi connectivity index (χ1) is 12.3. The van der Waals surface area contributed by atoms with E-state index < -0.39 is 11.5 Å². The minimum absolute atomic E-state index is 0.0348. The normalized spacial score (nSPS) is 30.3. The Bertz CT molecular complexity index is 751. The Balaban J connectivity index is 1.58. The first kappa shape index (κ1) is 17.7. The van der Waals surface area contributed by atoms with Crippen LogP contribution in [-0.2, 0) is 20.7 Å². The predicted molar refractivity (Wildman–Crippen MR) is 94.0 cm³/mol. The van der Waals surface area contributed by atoms with E-state index in [-0.39, 0.29) is 47.3 Å². The van der Waals surface area contributed by atoms with E-state index in [1.165, 1.54) is 12.1 Å². The number of hydrogen-bond donors (Lipinski definition) is 0. The van der Waals surface area contributed by atoms with Crippen molar-refractivity contribution in [2.24, 2.45) is 5.92 Å². The monoisotopic (exact) mass is 380 g/mol. The zero-order chi connectivity index (χ0) is 18.6. The summed E-state index contributed by atoms with van der Waals surface area (Å²) < 4.78 is 20.2. The van der Waals surface area contributed by atoms with Crippen molar-refractivity contribution in [3.05, 3.63) is 34.6 Å². The number of carbonyl (C=O) groups excluding carboxylic acids is 2. The molecule has 3 fully saturated rings. The maximum Gasteiger partial charge on any atom is 0.227 e. The fraction of sp³-hybridized carbons (Fsp3) is 0.579. The van der Waals surface area contributed by atoms with Crippen LogP contribution in [-0.4, -0.2) is 52.6 Å². The van der Waals surface area contributed by atoms with Crippen molar-refractivity contribution in [3.63, 3.8) is 0 Å². The molecular weight excluding hydrogens is 359 g/mol. The van der Waals surface area contributed by atoms with E-state index >= 15 is 0 Å². The van der Waals surface area contributed by atoms with Crippen LogP contribution in [0, 0.1) is 11.7 Å². The molecule has 0 saturated carbocycles. The van der Waals surface area contributed by atoms with Crippen molar-refractivity contribution in [2.75, 3.05) is 13.2 Å². The van der Waals surface area contributed by atoms with Gasteiger partial charge in [-0.15, -0.1) is 0 Å². The first-order valence-electron chi connectivity index (χ1n) is 9.03. The second-order valence-corrected chi connectivity index (χ2v) is 8.07. The molecule has 3 heterocycles. The quantitative estimate of drug-likeness (QED) is 0.810. The van der Waals surface area contributed by atoms with Crippen molar-refractivity contribution < 1.29 is 18.7 Å². The van der Waals surface area contributed by atoms with Gasteiger partial charge in [0.15, 0.2) is 5.72 Å². The molecule has 3 aliphatic heterocycles. The molecule has 140 valence electrons. The van der Waals surface area contributed by atoms with Gasteiger partial charge in [-0.1, -0.05) is 31.5 Å². The number of nitrogens with zero attached hydrogens (tertiary/aromatic N) is 2. The fourth-order valence-electron chi connectivity index (χ4n) is 4.62. The lowest BCUT2D eigenvalue weighted by atomic mass is 10.0. The minimum Gasteiger partial charge on any atom is -0.351 e. The number of benzene rings is 1. The average Bonchev–Trinajstić information content (AvgIpc) is 3.20. The second kappa shape index (κ2) is 6.20. The highest BCUT2D eigenvalue weighted by molar-refractivity contribution is 6.31. The van der Waals surface area contributed by atoms with Crippen molar-refractivity contribution in [1.29, 1.82) is 0 Å². The van der Waals surface area contributed by atoms with Crippen LogP contribution in [0.1, 0.15) is 32.3 Å². The molecule has 5 nitrogen and oxygen atoms in total. The Morgan fingerprint density at radius 3 is 2.92 bits per heavy atom. The molecule has 0 unspecified atom stereocenters. The molecule has 2 amide bonds. The highest BCUT2D eigenvalue weighted by Gasteiger charge is 2.65. The Labute approximate surface area is 157 Å². The smallest absolute Gasteiger partial charge is 0.227 e. The van der Waals surface area contributed by atoms with Gasteiger partial charge in [0.2, 0.25) is 11.8 Å². The van der Waals surface area contributed by atoms with Crippen LogP contribution in [0.2, 0.25) is 5.02 Å². The number of hydrogen-bond acceptors (Lipinski definition) is 3. The molecule has 3 saturated heterocycles. The Morgan fingerprint density at radius 1 is 1.46 bits per heavy atom. The van der Waals surface area contributed by atoms with Crippen LogP contribution in [0.5, 0.6) is 0 Å². The summed E-state index contributed by atoms with van der Waals surface area (Å²) in [6.07, 6.45) is 0.753. The summed E-state index contributed by atoms with van der Waals surface area (Å²) in [7, 11) is 0. The van der Waals surface area contributed by atoms with E-state index in [9.17, 15) is 14.0 Å². The maximum atomic E-state index is 14.0. The Morgan fingerprint density at radius 2 is 2.23 bits per heavy atom. The van der Waals surface area contributed by atoms with E-state index in [0.29, 0.717) is 25.5 Å². The fourth-order valence-corrected chi connectivity index (χ4v) is 4.85. The lowest BCUT2D eigenvalue weighted by Gasteiger charge is -2.34. The summed E-state index contributed by atoms with van der Waals surface area (Å²) >= 11 is 6.06. The molecule has 0 aromatic heterocycles. The summed E-state index contributed by atoms with van der Waals surface area (Å²) in [6, 6.07) is 4.13. The number of halogens is 2. The van der Waals surface area contributed by atoms with Crippen molar-refractivity contribution in [2.45, 2.75) is 50.9 Å². The molecule has 3 aliphatic rings. The number of amides is 2. The number of ether oxygens (including phenoxy) is 1. The standard InChI is InChI=1S/C19H22ClFN2O3/c1-11(2)15-10-26-19-6-7-22(16(19)9-18(25)23(15)19)17(24)8-12-13(20)4-3-5-14(12)21/h3-5,11,15-16H,6-10H2,1-2H3/t15-,16+,19-/m0/s1. The van der Waals surface area contributed by atoms with Crippen LogP contribution in [0.15, 0.2) is 18.2 Å². The summed E-state index contributed by atoms with van der Waals surface area (Å²) in [5.41, 5.74) is -0.505. The van der Waals surface area contributed by atoms with Crippen molar-refractivity contribution >= 4 is 23.4 Å². The van der Waals surface area contributed by atoms with Gasteiger partial charge < -0.3 is 14.5 Å². The van der Waals surface area contributed by atoms with E-state index in [1.807, 2.05) is 4.90 Å². The SMILES string of the molecule is CC(C)[C@@H]1CO[C@@]23CCN(C(=O)Cc4c(F)cccc4Cl)[C@@H]2CC(=O)N13. The highest BCUT2D eigenvalue weighted by Crippen LogP contribution is 2.49. The van der Waals surface area contributed by atoms with Gasteiger partial charge in [-0.3, -0.25) is 9.59 Å². The van der Waals surface area contributed by atoms with Gasteiger partial charge in [0.25, 0.3) is 0 Å². The van der Waals surface area contributed by atoms with E-state index in [1.54, 1.807) is 11.0 Å².